The van der Waals surface area contributed by atoms with Crippen LogP contribution >= 0.6 is 0 Å². The molecule has 0 spiro atoms. The zero-order valence-corrected chi connectivity index (χ0v) is 22.7. The van der Waals surface area contributed by atoms with Gasteiger partial charge in [0.2, 0.25) is 0 Å². The van der Waals surface area contributed by atoms with Crippen LogP contribution < -0.4 is 0 Å². The molecule has 2 aromatic rings. The lowest BCUT2D eigenvalue weighted by molar-refractivity contribution is -0.453. The highest BCUT2D eigenvalue weighted by atomic mass is 17.5. The van der Waals surface area contributed by atoms with Gasteiger partial charge in [-0.1, -0.05) is 49.2 Å². The average Bonchev–Trinajstić information content (AvgIpc) is 2.89. The van der Waals surface area contributed by atoms with E-state index in [9.17, 15) is 19.2 Å². The van der Waals surface area contributed by atoms with E-state index in [1.54, 1.807) is 64.1 Å². The Hall–Kier alpha value is -4.16. The van der Waals surface area contributed by atoms with E-state index in [1.165, 1.54) is 0 Å². The molecule has 12 nitrogen and oxygen atoms in total. The predicted octanol–water partition coefficient (Wildman–Crippen LogP) is 5.74. The van der Waals surface area contributed by atoms with Crippen LogP contribution in [0.25, 0.3) is 0 Å². The summed E-state index contributed by atoms with van der Waals surface area (Å²) in [6.07, 6.45) is -1.71. The lowest BCUT2D eigenvalue weighted by atomic mass is 9.84. The highest BCUT2D eigenvalue weighted by molar-refractivity contribution is 5.91. The molecule has 0 aromatic heterocycles. The van der Waals surface area contributed by atoms with Gasteiger partial charge in [0.15, 0.2) is 0 Å². The number of carbonyl (C=O) groups excluding carboxylic acids is 4. The van der Waals surface area contributed by atoms with Crippen molar-refractivity contribution in [1.29, 1.82) is 0 Å². The van der Waals surface area contributed by atoms with Crippen molar-refractivity contribution in [2.75, 3.05) is 13.2 Å². The van der Waals surface area contributed by atoms with Crippen LogP contribution in [0.3, 0.4) is 0 Å². The Kier molecular flexibility index (Phi) is 11.7. The highest BCUT2D eigenvalue weighted by Gasteiger charge is 2.31. The Morgan fingerprint density at radius 2 is 1.00 bits per heavy atom. The van der Waals surface area contributed by atoms with Crippen LogP contribution in [0.2, 0.25) is 0 Å². The maximum Gasteiger partial charge on any atom is 0.543 e. The summed E-state index contributed by atoms with van der Waals surface area (Å²) >= 11 is 0. The molecule has 2 aromatic carbocycles. The third-order valence-electron chi connectivity index (χ3n) is 6.12. The average molecular weight is 549 g/mol. The third-order valence-corrected chi connectivity index (χ3v) is 6.12. The van der Waals surface area contributed by atoms with Gasteiger partial charge in [-0.2, -0.15) is 0 Å². The fourth-order valence-corrected chi connectivity index (χ4v) is 3.50. The van der Waals surface area contributed by atoms with E-state index in [1.807, 2.05) is 13.8 Å². The van der Waals surface area contributed by atoms with Crippen LogP contribution in [0.5, 0.6) is 0 Å². The topological polar surface area (TPSA) is 142 Å². The monoisotopic (exact) mass is 548 g/mol. The normalized spacial score (nSPS) is 10.8. The molecule has 0 unspecified atom stereocenters. The van der Waals surface area contributed by atoms with E-state index < -0.39 is 29.7 Å². The first-order valence-corrected chi connectivity index (χ1v) is 12.1. The molecule has 0 aliphatic carbocycles. The van der Waals surface area contributed by atoms with Crippen LogP contribution in [-0.2, 0) is 39.1 Å². The molecular formula is C27H32O12. The minimum atomic E-state index is -1.28. The quantitative estimate of drug-likeness (QED) is 0.181. The highest BCUT2D eigenvalue weighted by Crippen LogP contribution is 2.28. The van der Waals surface area contributed by atoms with Crippen LogP contribution in [0.1, 0.15) is 69.7 Å². The standard InChI is InChI=1S/C27H32O12/c1-7-27(8-2,15-32-25(30)36-38-34-23(28)21-11-9-17(3)13-19(21)5)16-33-26(31)37-39-35-24(29)22-12-10-18(4)14-20(22)6/h9-14H,7-8,15-16H2,1-6H3. The van der Waals surface area contributed by atoms with Gasteiger partial charge >= 0.3 is 24.2 Å². The smallest absolute Gasteiger partial charge is 0.432 e. The van der Waals surface area contributed by atoms with E-state index in [4.69, 9.17) is 9.47 Å². The number of benzene rings is 2. The van der Waals surface area contributed by atoms with Gasteiger partial charge in [-0.3, -0.25) is 9.78 Å². The lowest BCUT2D eigenvalue weighted by Gasteiger charge is -2.29. The van der Waals surface area contributed by atoms with Crippen molar-refractivity contribution in [1.82, 2.24) is 0 Å². The number of hydrogen-bond donors (Lipinski definition) is 0. The number of rotatable bonds is 12. The first-order chi connectivity index (χ1) is 18.5. The summed E-state index contributed by atoms with van der Waals surface area (Å²) in [5.74, 6) is -1.71. The van der Waals surface area contributed by atoms with Gasteiger partial charge < -0.3 is 9.47 Å². The Morgan fingerprint density at radius 3 is 1.33 bits per heavy atom. The zero-order valence-electron chi connectivity index (χ0n) is 22.7. The van der Waals surface area contributed by atoms with Crippen LogP contribution in [-0.4, -0.2) is 37.5 Å². The summed E-state index contributed by atoms with van der Waals surface area (Å²) in [5.41, 5.74) is 2.89. The van der Waals surface area contributed by atoms with Crippen LogP contribution in [0.4, 0.5) is 9.59 Å². The second-order valence-electron chi connectivity index (χ2n) is 8.97. The third kappa shape index (κ3) is 9.58. The molecule has 12 heteroatoms. The Labute approximate surface area is 225 Å². The number of carbonyl (C=O) groups is 4. The summed E-state index contributed by atoms with van der Waals surface area (Å²) in [5, 5.41) is 8.50. The van der Waals surface area contributed by atoms with Gasteiger partial charge in [0.05, 0.1) is 21.2 Å². The van der Waals surface area contributed by atoms with Crippen LogP contribution in [0, 0.1) is 33.1 Å². The largest absolute Gasteiger partial charge is 0.543 e. The number of hydrogen-bond acceptors (Lipinski definition) is 12. The minimum absolute atomic E-state index is 0.233. The summed E-state index contributed by atoms with van der Waals surface area (Å²) in [7, 11) is 0. The molecule has 0 saturated heterocycles. The van der Waals surface area contributed by atoms with Gasteiger partial charge in [0.1, 0.15) is 13.2 Å². The maximum absolute atomic E-state index is 12.1. The minimum Gasteiger partial charge on any atom is -0.432 e. The molecule has 39 heavy (non-hydrogen) atoms. The summed E-state index contributed by atoms with van der Waals surface area (Å²) < 4.78 is 10.0. The molecule has 0 saturated carbocycles. The van der Waals surface area contributed by atoms with Crippen molar-refractivity contribution in [2.24, 2.45) is 5.41 Å². The van der Waals surface area contributed by atoms with Crippen molar-refractivity contribution < 1.29 is 58.3 Å². The Morgan fingerprint density at radius 1 is 0.615 bits per heavy atom. The number of aryl methyl sites for hydroxylation is 4. The molecule has 0 N–H and O–H groups in total. The Balaban J connectivity index is 1.74. The van der Waals surface area contributed by atoms with Crippen molar-refractivity contribution in [3.63, 3.8) is 0 Å². The van der Waals surface area contributed by atoms with Crippen molar-refractivity contribution >= 4 is 24.2 Å². The predicted molar refractivity (Wildman–Crippen MR) is 133 cm³/mol. The van der Waals surface area contributed by atoms with Crippen molar-refractivity contribution in [3.8, 4) is 0 Å². The van der Waals surface area contributed by atoms with E-state index in [-0.39, 0.29) is 24.3 Å². The summed E-state index contributed by atoms with van der Waals surface area (Å²) in [4.78, 5) is 65.5. The molecule has 0 aliphatic rings. The van der Waals surface area contributed by atoms with Gasteiger partial charge in [-0.25, -0.2) is 29.0 Å². The van der Waals surface area contributed by atoms with E-state index in [2.05, 4.69) is 29.6 Å². The Bertz CT molecular complexity index is 1080. The number of ether oxygens (including phenoxy) is 2. The van der Waals surface area contributed by atoms with E-state index in [0.717, 1.165) is 11.1 Å². The molecule has 0 aliphatic heterocycles. The summed E-state index contributed by atoms with van der Waals surface area (Å²) in [6.45, 7) is 10.3. The second kappa shape index (κ2) is 14.7. The SMILES string of the molecule is CCC(CC)(COC(=O)OOOC(=O)c1ccc(C)cc1C)COC(=O)OOOC(=O)c1ccc(C)cc1C. The first kappa shape index (κ1) is 31.1. The van der Waals surface area contributed by atoms with Gasteiger partial charge in [0.25, 0.3) is 0 Å². The fourth-order valence-electron chi connectivity index (χ4n) is 3.50. The van der Waals surface area contributed by atoms with Crippen LogP contribution in [0.15, 0.2) is 36.4 Å². The van der Waals surface area contributed by atoms with Crippen molar-refractivity contribution in [2.45, 2.75) is 54.4 Å². The molecule has 0 amide bonds. The molecule has 0 fully saturated rings. The van der Waals surface area contributed by atoms with E-state index >= 15 is 0 Å². The van der Waals surface area contributed by atoms with Gasteiger partial charge in [-0.15, -0.1) is 0 Å². The summed E-state index contributed by atoms with van der Waals surface area (Å²) in [6, 6.07) is 10.1. The molecule has 0 radical (unpaired) electrons. The molecule has 0 heterocycles. The molecule has 2 rings (SSSR count). The second-order valence-corrected chi connectivity index (χ2v) is 8.97. The van der Waals surface area contributed by atoms with Gasteiger partial charge in [-0.05, 0) is 63.8 Å². The first-order valence-electron chi connectivity index (χ1n) is 12.1. The van der Waals surface area contributed by atoms with E-state index in [0.29, 0.717) is 24.0 Å². The van der Waals surface area contributed by atoms with Crippen molar-refractivity contribution in [3.05, 3.63) is 69.8 Å². The molecular weight excluding hydrogens is 516 g/mol. The molecule has 0 bridgehead atoms. The van der Waals surface area contributed by atoms with Gasteiger partial charge in [0, 0.05) is 5.41 Å². The molecule has 212 valence electrons. The lowest BCUT2D eigenvalue weighted by Crippen LogP contribution is -2.33. The zero-order chi connectivity index (χ0) is 29.0. The molecule has 0 atom stereocenters. The fraction of sp³-hybridized carbons (Fsp3) is 0.407. The maximum atomic E-state index is 12.1.